The topological polar surface area (TPSA) is 67.8 Å². The number of nitrogens with one attached hydrogen (secondary N) is 1. The molecule has 1 N–H and O–H groups in total. The molecule has 0 atom stereocenters. The van der Waals surface area contributed by atoms with Gasteiger partial charge in [0.05, 0.1) is 17.3 Å². The highest BCUT2D eigenvalue weighted by atomic mass is 35.5. The van der Waals surface area contributed by atoms with Gasteiger partial charge < -0.3 is 4.74 Å². The molecule has 0 aliphatic heterocycles. The van der Waals surface area contributed by atoms with Crippen molar-refractivity contribution in [3.63, 3.8) is 0 Å². The zero-order valence-electron chi connectivity index (χ0n) is 14.4. The number of para-hydroxylation sites is 1. The monoisotopic (exact) mass is 396 g/mol. The van der Waals surface area contributed by atoms with Crippen LogP contribution in [0.4, 0.5) is 4.39 Å². The van der Waals surface area contributed by atoms with Crippen molar-refractivity contribution in [1.29, 1.82) is 0 Å². The standard InChI is InChI=1S/C21H14ClFN2O3/c22-16-11-9-14(10-12-16)21(27)28-19-8-4-1-5-15(19)13-24-25-20(26)17-6-2-3-7-18(17)23/h1-13H,(H,25,26)/b24-13+. The maximum Gasteiger partial charge on any atom is 0.343 e. The zero-order chi connectivity index (χ0) is 19.9. The Kier molecular flexibility index (Phi) is 6.14. The lowest BCUT2D eigenvalue weighted by molar-refractivity contribution is 0.0734. The minimum atomic E-state index is -0.690. The number of carbonyl (C=O) groups is 2. The first kappa shape index (κ1) is 19.3. The normalized spacial score (nSPS) is 10.6. The Morgan fingerprint density at radius 3 is 2.39 bits per heavy atom. The van der Waals surface area contributed by atoms with Crippen LogP contribution in [0.5, 0.6) is 5.75 Å². The van der Waals surface area contributed by atoms with Gasteiger partial charge in [-0.05, 0) is 48.5 Å². The van der Waals surface area contributed by atoms with Crippen molar-refractivity contribution >= 4 is 29.7 Å². The van der Waals surface area contributed by atoms with Crippen LogP contribution in [0.3, 0.4) is 0 Å². The molecule has 0 fully saturated rings. The van der Waals surface area contributed by atoms with Crippen LogP contribution in [0, 0.1) is 5.82 Å². The van der Waals surface area contributed by atoms with Crippen LogP contribution in [-0.2, 0) is 0 Å². The highest BCUT2D eigenvalue weighted by Gasteiger charge is 2.12. The van der Waals surface area contributed by atoms with Crippen molar-refractivity contribution in [3.05, 3.63) is 100 Å². The van der Waals surface area contributed by atoms with E-state index in [0.717, 1.165) is 0 Å². The Labute approximate surface area is 165 Å². The van der Waals surface area contributed by atoms with E-state index in [1.54, 1.807) is 54.6 Å². The molecule has 140 valence electrons. The Hall–Kier alpha value is -3.51. The van der Waals surface area contributed by atoms with E-state index in [1.165, 1.54) is 24.4 Å². The molecule has 3 rings (SSSR count). The molecule has 0 unspecified atom stereocenters. The van der Waals surface area contributed by atoms with Gasteiger partial charge in [-0.25, -0.2) is 14.6 Å². The van der Waals surface area contributed by atoms with Crippen LogP contribution in [0.2, 0.25) is 5.02 Å². The predicted octanol–water partition coefficient (Wildman–Crippen LogP) is 4.46. The van der Waals surface area contributed by atoms with E-state index in [4.69, 9.17) is 16.3 Å². The number of ether oxygens (including phenoxy) is 1. The van der Waals surface area contributed by atoms with Gasteiger partial charge in [0.15, 0.2) is 0 Å². The molecule has 7 heteroatoms. The third-order valence-electron chi connectivity index (χ3n) is 3.69. The SMILES string of the molecule is O=C(Oc1ccccc1/C=N/NC(=O)c1ccccc1F)c1ccc(Cl)cc1. The Balaban J connectivity index is 1.70. The maximum absolute atomic E-state index is 13.6. The Morgan fingerprint density at radius 1 is 0.964 bits per heavy atom. The van der Waals surface area contributed by atoms with Crippen LogP contribution in [0.1, 0.15) is 26.3 Å². The third kappa shape index (κ3) is 4.81. The summed E-state index contributed by atoms with van der Waals surface area (Å²) in [5, 5.41) is 4.32. The third-order valence-corrected chi connectivity index (χ3v) is 3.94. The maximum atomic E-state index is 13.6. The first-order chi connectivity index (χ1) is 13.5. The Bertz CT molecular complexity index is 1040. The molecule has 0 heterocycles. The number of esters is 1. The summed E-state index contributed by atoms with van der Waals surface area (Å²) in [6.45, 7) is 0. The summed E-state index contributed by atoms with van der Waals surface area (Å²) >= 11 is 5.81. The molecule has 0 saturated heterocycles. The first-order valence-electron chi connectivity index (χ1n) is 8.19. The fourth-order valence-electron chi connectivity index (χ4n) is 2.29. The van der Waals surface area contributed by atoms with Crippen molar-refractivity contribution < 1.29 is 18.7 Å². The predicted molar refractivity (Wildman–Crippen MR) is 104 cm³/mol. The van der Waals surface area contributed by atoms with E-state index >= 15 is 0 Å². The van der Waals surface area contributed by atoms with Crippen molar-refractivity contribution in [2.45, 2.75) is 0 Å². The molecule has 0 radical (unpaired) electrons. The molecule has 0 saturated carbocycles. The van der Waals surface area contributed by atoms with Gasteiger partial charge in [-0.1, -0.05) is 35.9 Å². The van der Waals surface area contributed by atoms with Gasteiger partial charge >= 0.3 is 5.97 Å². The van der Waals surface area contributed by atoms with Crippen LogP contribution < -0.4 is 10.2 Å². The van der Waals surface area contributed by atoms with Crippen molar-refractivity contribution in [3.8, 4) is 5.75 Å². The number of nitrogens with zero attached hydrogens (tertiary/aromatic N) is 1. The number of hydrogen-bond donors (Lipinski definition) is 1. The van der Waals surface area contributed by atoms with Gasteiger partial charge in [0.1, 0.15) is 11.6 Å². The van der Waals surface area contributed by atoms with E-state index in [-0.39, 0.29) is 11.3 Å². The zero-order valence-corrected chi connectivity index (χ0v) is 15.2. The van der Waals surface area contributed by atoms with Gasteiger partial charge in [-0.15, -0.1) is 0 Å². The molecule has 28 heavy (non-hydrogen) atoms. The molecule has 3 aromatic rings. The molecule has 5 nitrogen and oxygen atoms in total. The van der Waals surface area contributed by atoms with Crippen LogP contribution >= 0.6 is 11.6 Å². The minimum absolute atomic E-state index is 0.123. The molecular formula is C21H14ClFN2O3. The van der Waals surface area contributed by atoms with Gasteiger partial charge in [-0.2, -0.15) is 5.10 Å². The smallest absolute Gasteiger partial charge is 0.343 e. The summed E-state index contributed by atoms with van der Waals surface area (Å²) in [5.41, 5.74) is 2.91. The van der Waals surface area contributed by atoms with E-state index in [2.05, 4.69) is 10.5 Å². The number of benzene rings is 3. The fraction of sp³-hybridized carbons (Fsp3) is 0. The lowest BCUT2D eigenvalue weighted by Gasteiger charge is -2.07. The van der Waals surface area contributed by atoms with Gasteiger partial charge in [0.25, 0.3) is 5.91 Å². The molecule has 3 aromatic carbocycles. The summed E-state index contributed by atoms with van der Waals surface area (Å²) in [7, 11) is 0. The summed E-state index contributed by atoms with van der Waals surface area (Å²) in [4.78, 5) is 24.2. The number of halogens is 2. The molecular weight excluding hydrogens is 383 g/mol. The average Bonchev–Trinajstić information content (AvgIpc) is 2.70. The summed E-state index contributed by atoms with van der Waals surface area (Å²) in [6.07, 6.45) is 1.31. The molecule has 0 aromatic heterocycles. The number of rotatable bonds is 5. The second kappa shape index (κ2) is 8.92. The molecule has 1 amide bonds. The quantitative estimate of drug-likeness (QED) is 0.299. The second-order valence-electron chi connectivity index (χ2n) is 5.61. The van der Waals surface area contributed by atoms with Crippen LogP contribution in [-0.4, -0.2) is 18.1 Å². The number of hydrogen-bond acceptors (Lipinski definition) is 4. The molecule has 0 aliphatic carbocycles. The summed E-state index contributed by atoms with van der Waals surface area (Å²) < 4.78 is 19.0. The summed E-state index contributed by atoms with van der Waals surface area (Å²) in [6, 6.07) is 18.5. The van der Waals surface area contributed by atoms with Gasteiger partial charge in [-0.3, -0.25) is 4.79 Å². The lowest BCUT2D eigenvalue weighted by Crippen LogP contribution is -2.19. The van der Waals surface area contributed by atoms with Gasteiger partial charge in [0, 0.05) is 10.6 Å². The highest BCUT2D eigenvalue weighted by molar-refractivity contribution is 6.30. The van der Waals surface area contributed by atoms with E-state index in [1.807, 2.05) is 0 Å². The molecule has 0 spiro atoms. The van der Waals surface area contributed by atoms with Crippen molar-refractivity contribution in [2.75, 3.05) is 0 Å². The van der Waals surface area contributed by atoms with E-state index in [9.17, 15) is 14.0 Å². The van der Waals surface area contributed by atoms with Gasteiger partial charge in [0.2, 0.25) is 0 Å². The van der Waals surface area contributed by atoms with Crippen LogP contribution in [0.15, 0.2) is 77.9 Å². The lowest BCUT2D eigenvalue weighted by atomic mass is 10.2. The first-order valence-corrected chi connectivity index (χ1v) is 8.57. The largest absolute Gasteiger partial charge is 0.422 e. The number of carbonyl (C=O) groups excluding carboxylic acids is 2. The second-order valence-corrected chi connectivity index (χ2v) is 6.05. The minimum Gasteiger partial charge on any atom is -0.422 e. The fourth-order valence-corrected chi connectivity index (χ4v) is 2.42. The van der Waals surface area contributed by atoms with E-state index < -0.39 is 17.7 Å². The number of amides is 1. The molecule has 0 bridgehead atoms. The van der Waals surface area contributed by atoms with Crippen molar-refractivity contribution in [2.24, 2.45) is 5.10 Å². The average molecular weight is 397 g/mol. The van der Waals surface area contributed by atoms with Crippen LogP contribution in [0.25, 0.3) is 0 Å². The molecule has 0 aliphatic rings. The number of hydrazone groups is 1. The highest BCUT2D eigenvalue weighted by Crippen LogP contribution is 2.18. The Morgan fingerprint density at radius 2 is 1.64 bits per heavy atom. The van der Waals surface area contributed by atoms with Crippen molar-refractivity contribution in [1.82, 2.24) is 5.43 Å². The van der Waals surface area contributed by atoms with E-state index in [0.29, 0.717) is 16.1 Å². The summed E-state index contributed by atoms with van der Waals surface area (Å²) in [5.74, 6) is -1.64.